The van der Waals surface area contributed by atoms with Gasteiger partial charge < -0.3 is 5.32 Å². The maximum Gasteiger partial charge on any atom is 0.257 e. The first kappa shape index (κ1) is 11.1. The smallest absolute Gasteiger partial charge is 0.257 e. The summed E-state index contributed by atoms with van der Waals surface area (Å²) < 4.78 is 1.64. The van der Waals surface area contributed by atoms with Gasteiger partial charge in [0.2, 0.25) is 0 Å². The molecule has 0 aliphatic heterocycles. The molecule has 0 fully saturated rings. The second-order valence-corrected chi connectivity index (χ2v) is 3.72. The summed E-state index contributed by atoms with van der Waals surface area (Å²) >= 11 is 0. The summed E-state index contributed by atoms with van der Waals surface area (Å²) in [6, 6.07) is 1.91. The van der Waals surface area contributed by atoms with Crippen LogP contribution in [0.15, 0.2) is 12.3 Å². The van der Waals surface area contributed by atoms with Gasteiger partial charge in [-0.15, -0.1) is 6.42 Å². The van der Waals surface area contributed by atoms with E-state index < -0.39 is 0 Å². The predicted molar refractivity (Wildman–Crippen MR) is 63.6 cm³/mol. The van der Waals surface area contributed by atoms with Gasteiger partial charge in [0.15, 0.2) is 5.65 Å². The minimum Gasteiger partial charge on any atom is -0.341 e. The lowest BCUT2D eigenvalue weighted by Crippen LogP contribution is -2.23. The van der Waals surface area contributed by atoms with Gasteiger partial charge in [-0.1, -0.05) is 5.92 Å². The van der Waals surface area contributed by atoms with Crippen LogP contribution in [0.3, 0.4) is 0 Å². The van der Waals surface area contributed by atoms with Gasteiger partial charge in [0.05, 0.1) is 12.7 Å². The zero-order valence-electron chi connectivity index (χ0n) is 9.69. The molecule has 0 saturated carbocycles. The number of rotatable bonds is 2. The summed E-state index contributed by atoms with van der Waals surface area (Å²) in [6.45, 7) is 3.99. The van der Waals surface area contributed by atoms with Gasteiger partial charge in [0.25, 0.3) is 5.91 Å². The molecule has 86 valence electrons. The van der Waals surface area contributed by atoms with E-state index in [1.807, 2.05) is 19.9 Å². The molecular weight excluding hydrogens is 216 g/mol. The molecule has 1 amide bonds. The molecule has 0 atom stereocenters. The third-order valence-electron chi connectivity index (χ3n) is 2.37. The van der Waals surface area contributed by atoms with E-state index in [1.165, 1.54) is 6.20 Å². The Bertz CT molecular complexity index is 621. The fourth-order valence-corrected chi connectivity index (χ4v) is 1.66. The van der Waals surface area contributed by atoms with Gasteiger partial charge in [0, 0.05) is 11.4 Å². The SMILES string of the molecule is C#CCNC(=O)c1cnn2c(C)cc(C)nc12. The van der Waals surface area contributed by atoms with Crippen molar-refractivity contribution in [2.75, 3.05) is 6.54 Å². The highest BCUT2D eigenvalue weighted by atomic mass is 16.1. The first-order chi connectivity index (χ1) is 8.13. The van der Waals surface area contributed by atoms with E-state index in [2.05, 4.69) is 21.3 Å². The molecule has 5 heteroatoms. The van der Waals surface area contributed by atoms with Crippen LogP contribution in [0.4, 0.5) is 0 Å². The minimum atomic E-state index is -0.254. The van der Waals surface area contributed by atoms with Crippen LogP contribution in [0.5, 0.6) is 0 Å². The van der Waals surface area contributed by atoms with E-state index in [9.17, 15) is 4.79 Å². The average molecular weight is 228 g/mol. The Labute approximate surface area is 98.9 Å². The quantitative estimate of drug-likeness (QED) is 0.770. The standard InChI is InChI=1S/C12H12N4O/c1-4-5-13-12(17)10-7-14-16-9(3)6-8(2)15-11(10)16/h1,6-7H,5H2,2-3H3,(H,13,17). The highest BCUT2D eigenvalue weighted by Gasteiger charge is 2.14. The van der Waals surface area contributed by atoms with E-state index in [0.717, 1.165) is 11.4 Å². The lowest BCUT2D eigenvalue weighted by Gasteiger charge is -2.02. The van der Waals surface area contributed by atoms with Crippen LogP contribution in [0.25, 0.3) is 5.65 Å². The molecule has 2 aromatic heterocycles. The van der Waals surface area contributed by atoms with Crippen molar-refractivity contribution < 1.29 is 4.79 Å². The number of fused-ring (bicyclic) bond motifs is 1. The Kier molecular flexibility index (Phi) is 2.79. The fourth-order valence-electron chi connectivity index (χ4n) is 1.66. The van der Waals surface area contributed by atoms with Crippen molar-refractivity contribution in [1.82, 2.24) is 19.9 Å². The van der Waals surface area contributed by atoms with Gasteiger partial charge in [-0.2, -0.15) is 5.10 Å². The van der Waals surface area contributed by atoms with Crippen LogP contribution >= 0.6 is 0 Å². The average Bonchev–Trinajstić information content (AvgIpc) is 2.69. The van der Waals surface area contributed by atoms with Crippen LogP contribution < -0.4 is 5.32 Å². The molecule has 2 heterocycles. The van der Waals surface area contributed by atoms with Gasteiger partial charge in [-0.25, -0.2) is 9.50 Å². The summed E-state index contributed by atoms with van der Waals surface area (Å²) in [5.41, 5.74) is 2.77. The van der Waals surface area contributed by atoms with Crippen molar-refractivity contribution >= 4 is 11.6 Å². The number of nitrogens with one attached hydrogen (secondary N) is 1. The van der Waals surface area contributed by atoms with E-state index >= 15 is 0 Å². The summed E-state index contributed by atoms with van der Waals surface area (Å²) in [6.07, 6.45) is 6.59. The number of aryl methyl sites for hydroxylation is 2. The normalized spacial score (nSPS) is 10.2. The number of carbonyl (C=O) groups is 1. The van der Waals surface area contributed by atoms with Crippen LogP contribution in [-0.2, 0) is 0 Å². The first-order valence-corrected chi connectivity index (χ1v) is 5.17. The molecule has 0 bridgehead atoms. The van der Waals surface area contributed by atoms with Crippen molar-refractivity contribution in [3.05, 3.63) is 29.2 Å². The molecule has 17 heavy (non-hydrogen) atoms. The monoisotopic (exact) mass is 228 g/mol. The van der Waals surface area contributed by atoms with E-state index in [0.29, 0.717) is 11.2 Å². The maximum absolute atomic E-state index is 11.8. The number of hydrogen-bond donors (Lipinski definition) is 1. The summed E-state index contributed by atoms with van der Waals surface area (Å²) in [5, 5.41) is 6.73. The predicted octanol–water partition coefficient (Wildman–Crippen LogP) is 0.709. The third kappa shape index (κ3) is 1.97. The minimum absolute atomic E-state index is 0.195. The molecule has 0 aliphatic carbocycles. The Morgan fingerprint density at radius 2 is 2.35 bits per heavy atom. The van der Waals surface area contributed by atoms with Gasteiger partial charge in [-0.05, 0) is 19.9 Å². The zero-order chi connectivity index (χ0) is 12.4. The molecular formula is C12H12N4O. The van der Waals surface area contributed by atoms with Crippen molar-refractivity contribution in [3.63, 3.8) is 0 Å². The van der Waals surface area contributed by atoms with Crippen molar-refractivity contribution in [2.45, 2.75) is 13.8 Å². The van der Waals surface area contributed by atoms with Gasteiger partial charge in [-0.3, -0.25) is 4.79 Å². The lowest BCUT2D eigenvalue weighted by atomic mass is 10.3. The molecule has 0 unspecified atom stereocenters. The number of carbonyl (C=O) groups excluding carboxylic acids is 1. The maximum atomic E-state index is 11.8. The van der Waals surface area contributed by atoms with Crippen molar-refractivity contribution in [3.8, 4) is 12.3 Å². The molecule has 1 N–H and O–H groups in total. The van der Waals surface area contributed by atoms with Crippen molar-refractivity contribution in [1.29, 1.82) is 0 Å². The Balaban J connectivity index is 2.49. The highest BCUT2D eigenvalue weighted by Crippen LogP contribution is 2.11. The molecule has 2 rings (SSSR count). The molecule has 5 nitrogen and oxygen atoms in total. The summed E-state index contributed by atoms with van der Waals surface area (Å²) in [7, 11) is 0. The van der Waals surface area contributed by atoms with Crippen LogP contribution in [0.1, 0.15) is 21.7 Å². The van der Waals surface area contributed by atoms with E-state index in [-0.39, 0.29) is 12.5 Å². The largest absolute Gasteiger partial charge is 0.341 e. The molecule has 0 saturated heterocycles. The topological polar surface area (TPSA) is 59.3 Å². The second-order valence-electron chi connectivity index (χ2n) is 3.72. The van der Waals surface area contributed by atoms with Crippen molar-refractivity contribution in [2.24, 2.45) is 0 Å². The second kappa shape index (κ2) is 4.26. The molecule has 2 aromatic rings. The number of terminal acetylenes is 1. The van der Waals surface area contributed by atoms with Crippen LogP contribution in [0.2, 0.25) is 0 Å². The summed E-state index contributed by atoms with van der Waals surface area (Å²) in [5.74, 6) is 2.10. The fraction of sp³-hybridized carbons (Fsp3) is 0.250. The lowest BCUT2D eigenvalue weighted by molar-refractivity contribution is 0.0960. The number of amides is 1. The van der Waals surface area contributed by atoms with E-state index in [4.69, 9.17) is 6.42 Å². The van der Waals surface area contributed by atoms with Crippen LogP contribution in [0, 0.1) is 26.2 Å². The number of aromatic nitrogens is 3. The van der Waals surface area contributed by atoms with E-state index in [1.54, 1.807) is 4.52 Å². The molecule has 0 radical (unpaired) electrons. The van der Waals surface area contributed by atoms with Gasteiger partial charge in [0.1, 0.15) is 5.56 Å². The molecule has 0 aliphatic rings. The Morgan fingerprint density at radius 3 is 3.06 bits per heavy atom. The third-order valence-corrected chi connectivity index (χ3v) is 2.37. The Hall–Kier alpha value is -2.35. The number of hydrogen-bond acceptors (Lipinski definition) is 3. The molecule has 0 spiro atoms. The number of nitrogens with zero attached hydrogens (tertiary/aromatic N) is 3. The first-order valence-electron chi connectivity index (χ1n) is 5.17. The zero-order valence-corrected chi connectivity index (χ0v) is 9.69. The Morgan fingerprint density at radius 1 is 1.59 bits per heavy atom. The van der Waals surface area contributed by atoms with Gasteiger partial charge >= 0.3 is 0 Å². The highest BCUT2D eigenvalue weighted by molar-refractivity contribution is 5.99. The van der Waals surface area contributed by atoms with Crippen LogP contribution in [-0.4, -0.2) is 27.0 Å². The molecule has 0 aromatic carbocycles. The summed E-state index contributed by atoms with van der Waals surface area (Å²) in [4.78, 5) is 16.1.